The van der Waals surface area contributed by atoms with Crippen LogP contribution in [0.15, 0.2) is 29.4 Å². The van der Waals surface area contributed by atoms with Crippen LogP contribution < -0.4 is 11.5 Å². The molecule has 0 bridgehead atoms. The maximum absolute atomic E-state index is 10.7. The van der Waals surface area contributed by atoms with E-state index >= 15 is 0 Å². The minimum absolute atomic E-state index is 0.0994. The second-order valence-corrected chi connectivity index (χ2v) is 3.80. The molecule has 4 N–H and O–H groups in total. The number of benzene rings is 1. The molecule has 17 heavy (non-hydrogen) atoms. The van der Waals surface area contributed by atoms with Gasteiger partial charge in [0.05, 0.1) is 5.02 Å². The fourth-order valence-corrected chi connectivity index (χ4v) is 1.71. The largest absolute Gasteiger partial charge is 0.370 e. The standard InChI is InChI=1S/C11H9ClN4O/c12-9-4-15-10(16-11(13)14)8-3-6(5-17)1-2-7(8)9/h1-5H,(H4,13,14,15,16). The Balaban J connectivity index is 2.80. The highest BCUT2D eigenvalue weighted by Gasteiger charge is 2.06. The van der Waals surface area contributed by atoms with Crippen LogP contribution in [0.4, 0.5) is 5.82 Å². The predicted octanol–water partition coefficient (Wildman–Crippen LogP) is 1.61. The number of carbonyl (C=O) groups excluding carboxylic acids is 1. The molecule has 0 aliphatic heterocycles. The monoisotopic (exact) mass is 248 g/mol. The molecule has 0 unspecified atom stereocenters. The SMILES string of the molecule is NC(N)=Nc1ncc(Cl)c2ccc(C=O)cc12. The Bertz CT molecular complexity index is 620. The minimum atomic E-state index is -0.0994. The van der Waals surface area contributed by atoms with Crippen LogP contribution in [0.2, 0.25) is 5.02 Å². The minimum Gasteiger partial charge on any atom is -0.370 e. The van der Waals surface area contributed by atoms with E-state index in [0.29, 0.717) is 21.8 Å². The van der Waals surface area contributed by atoms with Crippen molar-refractivity contribution >= 4 is 40.4 Å². The van der Waals surface area contributed by atoms with Gasteiger partial charge < -0.3 is 11.5 Å². The third-order valence-corrected chi connectivity index (χ3v) is 2.51. The van der Waals surface area contributed by atoms with E-state index in [4.69, 9.17) is 23.1 Å². The molecule has 1 aromatic carbocycles. The average molecular weight is 249 g/mol. The lowest BCUT2D eigenvalue weighted by molar-refractivity contribution is 0.112. The zero-order valence-electron chi connectivity index (χ0n) is 8.72. The number of aldehydes is 1. The van der Waals surface area contributed by atoms with Gasteiger partial charge in [0.25, 0.3) is 0 Å². The molecule has 2 aromatic rings. The number of aromatic nitrogens is 1. The van der Waals surface area contributed by atoms with Crippen LogP contribution in [0.3, 0.4) is 0 Å². The van der Waals surface area contributed by atoms with E-state index in [2.05, 4.69) is 9.98 Å². The van der Waals surface area contributed by atoms with Crippen LogP contribution in [0.1, 0.15) is 10.4 Å². The number of fused-ring (bicyclic) bond motifs is 1. The first kappa shape index (κ1) is 11.3. The van der Waals surface area contributed by atoms with Crippen molar-refractivity contribution in [3.63, 3.8) is 0 Å². The number of halogens is 1. The van der Waals surface area contributed by atoms with E-state index in [-0.39, 0.29) is 5.96 Å². The van der Waals surface area contributed by atoms with Crippen LogP contribution in [-0.2, 0) is 0 Å². The second kappa shape index (κ2) is 4.39. The smallest absolute Gasteiger partial charge is 0.192 e. The molecule has 2 rings (SSSR count). The average Bonchev–Trinajstić information content (AvgIpc) is 2.32. The summed E-state index contributed by atoms with van der Waals surface area (Å²) in [7, 11) is 0. The Morgan fingerprint density at radius 2 is 2.12 bits per heavy atom. The molecule has 0 fully saturated rings. The summed E-state index contributed by atoms with van der Waals surface area (Å²) in [5.41, 5.74) is 11.1. The lowest BCUT2D eigenvalue weighted by Crippen LogP contribution is -2.22. The molecular formula is C11H9ClN4O. The summed E-state index contributed by atoms with van der Waals surface area (Å²) in [6.07, 6.45) is 2.20. The van der Waals surface area contributed by atoms with Crippen molar-refractivity contribution in [2.24, 2.45) is 16.5 Å². The molecule has 86 valence electrons. The Morgan fingerprint density at radius 3 is 2.76 bits per heavy atom. The number of carbonyl (C=O) groups is 1. The Morgan fingerprint density at radius 1 is 1.35 bits per heavy atom. The molecule has 1 aromatic heterocycles. The van der Waals surface area contributed by atoms with E-state index < -0.39 is 0 Å². The highest BCUT2D eigenvalue weighted by molar-refractivity contribution is 6.35. The quantitative estimate of drug-likeness (QED) is 0.479. The van der Waals surface area contributed by atoms with Crippen molar-refractivity contribution < 1.29 is 4.79 Å². The van der Waals surface area contributed by atoms with Crippen LogP contribution in [0, 0.1) is 0 Å². The molecule has 0 atom stereocenters. The number of pyridine rings is 1. The van der Waals surface area contributed by atoms with Crippen molar-refractivity contribution in [1.82, 2.24) is 4.98 Å². The Hall–Kier alpha value is -2.14. The van der Waals surface area contributed by atoms with Gasteiger partial charge in [-0.1, -0.05) is 23.7 Å². The summed E-state index contributed by atoms with van der Waals surface area (Å²) >= 11 is 6.00. The summed E-state index contributed by atoms with van der Waals surface area (Å²) in [4.78, 5) is 18.6. The first-order valence-corrected chi connectivity index (χ1v) is 5.12. The Kier molecular flexibility index (Phi) is 2.93. The zero-order valence-corrected chi connectivity index (χ0v) is 9.48. The summed E-state index contributed by atoms with van der Waals surface area (Å²) < 4.78 is 0. The maximum atomic E-state index is 10.7. The lowest BCUT2D eigenvalue weighted by atomic mass is 10.1. The van der Waals surface area contributed by atoms with Crippen molar-refractivity contribution in [1.29, 1.82) is 0 Å². The number of aliphatic imine (C=N–C) groups is 1. The third kappa shape index (κ3) is 2.19. The first-order chi connectivity index (χ1) is 8.11. The van der Waals surface area contributed by atoms with Gasteiger partial charge in [-0.25, -0.2) is 4.98 Å². The zero-order chi connectivity index (χ0) is 12.4. The summed E-state index contributed by atoms with van der Waals surface area (Å²) in [5.74, 6) is 0.241. The highest BCUT2D eigenvalue weighted by atomic mass is 35.5. The molecule has 0 amide bonds. The fourth-order valence-electron chi connectivity index (χ4n) is 1.50. The second-order valence-electron chi connectivity index (χ2n) is 3.39. The van der Waals surface area contributed by atoms with E-state index in [1.807, 2.05) is 0 Å². The molecule has 0 aliphatic carbocycles. The van der Waals surface area contributed by atoms with E-state index in [1.165, 1.54) is 6.20 Å². The number of rotatable bonds is 2. The molecule has 0 aliphatic rings. The van der Waals surface area contributed by atoms with Crippen LogP contribution in [0.5, 0.6) is 0 Å². The van der Waals surface area contributed by atoms with E-state index in [0.717, 1.165) is 11.7 Å². The summed E-state index contributed by atoms with van der Waals surface area (Å²) in [6.45, 7) is 0. The van der Waals surface area contributed by atoms with Gasteiger partial charge in [0.15, 0.2) is 11.8 Å². The van der Waals surface area contributed by atoms with Crippen LogP contribution in [-0.4, -0.2) is 17.2 Å². The summed E-state index contributed by atoms with van der Waals surface area (Å²) in [6, 6.07) is 5.04. The van der Waals surface area contributed by atoms with Crippen LogP contribution in [0.25, 0.3) is 10.8 Å². The molecular weight excluding hydrogens is 240 g/mol. The lowest BCUT2D eigenvalue weighted by Gasteiger charge is -2.04. The van der Waals surface area contributed by atoms with Gasteiger partial charge >= 0.3 is 0 Å². The molecule has 0 saturated carbocycles. The number of hydrogen-bond donors (Lipinski definition) is 2. The summed E-state index contributed by atoms with van der Waals surface area (Å²) in [5, 5.41) is 1.86. The fraction of sp³-hybridized carbons (Fsp3) is 0. The molecule has 0 spiro atoms. The first-order valence-electron chi connectivity index (χ1n) is 4.75. The Labute approximate surface area is 102 Å². The molecule has 5 nitrogen and oxygen atoms in total. The van der Waals surface area contributed by atoms with Crippen molar-refractivity contribution in [3.05, 3.63) is 35.0 Å². The van der Waals surface area contributed by atoms with Crippen molar-refractivity contribution in [2.75, 3.05) is 0 Å². The number of nitrogens with zero attached hydrogens (tertiary/aromatic N) is 2. The van der Waals surface area contributed by atoms with Crippen LogP contribution >= 0.6 is 11.6 Å². The van der Waals surface area contributed by atoms with Crippen molar-refractivity contribution in [2.45, 2.75) is 0 Å². The molecule has 6 heteroatoms. The number of guanidine groups is 1. The third-order valence-electron chi connectivity index (χ3n) is 2.21. The van der Waals surface area contributed by atoms with Gasteiger partial charge in [0.2, 0.25) is 0 Å². The number of nitrogens with two attached hydrogens (primary N) is 2. The van der Waals surface area contributed by atoms with Gasteiger partial charge in [-0.15, -0.1) is 0 Å². The van der Waals surface area contributed by atoms with Gasteiger partial charge in [0, 0.05) is 22.5 Å². The van der Waals surface area contributed by atoms with Gasteiger partial charge in [-0.05, 0) is 6.07 Å². The molecule has 1 heterocycles. The predicted molar refractivity (Wildman–Crippen MR) is 67.6 cm³/mol. The van der Waals surface area contributed by atoms with Crippen molar-refractivity contribution in [3.8, 4) is 0 Å². The van der Waals surface area contributed by atoms with Gasteiger partial charge in [-0.2, -0.15) is 4.99 Å². The normalized spacial score (nSPS) is 10.2. The maximum Gasteiger partial charge on any atom is 0.192 e. The van der Waals surface area contributed by atoms with Gasteiger partial charge in [0.1, 0.15) is 6.29 Å². The topological polar surface area (TPSA) is 94.4 Å². The highest BCUT2D eigenvalue weighted by Crippen LogP contribution is 2.29. The van der Waals surface area contributed by atoms with E-state index in [1.54, 1.807) is 18.2 Å². The van der Waals surface area contributed by atoms with E-state index in [9.17, 15) is 4.79 Å². The molecule has 0 radical (unpaired) electrons. The number of hydrogen-bond acceptors (Lipinski definition) is 3. The van der Waals surface area contributed by atoms with Gasteiger partial charge in [-0.3, -0.25) is 4.79 Å². The molecule has 0 saturated heterocycles.